The highest BCUT2D eigenvalue weighted by Gasteiger charge is 2.12. The maximum Gasteiger partial charge on any atom is 0.0187 e. The molecule has 0 N–H and O–H groups in total. The Morgan fingerprint density at radius 3 is 2.19 bits per heavy atom. The molecule has 82 valence electrons. The lowest BCUT2D eigenvalue weighted by atomic mass is 9.93. The molecule has 0 aliphatic heterocycles. The van der Waals surface area contributed by atoms with Crippen LogP contribution < -0.4 is 0 Å². The summed E-state index contributed by atoms with van der Waals surface area (Å²) in [6.07, 6.45) is 0. The lowest BCUT2D eigenvalue weighted by Crippen LogP contribution is -2.01. The maximum absolute atomic E-state index is 3.60. The van der Waals surface area contributed by atoms with Crippen molar-refractivity contribution in [1.29, 1.82) is 0 Å². The van der Waals surface area contributed by atoms with Crippen molar-refractivity contribution in [2.75, 3.05) is 5.33 Å². The van der Waals surface area contributed by atoms with Gasteiger partial charge in [-0.15, -0.1) is 0 Å². The molecule has 0 amide bonds. The Morgan fingerprint density at radius 2 is 1.56 bits per heavy atom. The molecule has 2 rings (SSSR count). The average molecular weight is 340 g/mol. The minimum Gasteiger partial charge on any atom is -0.0918 e. The second-order valence-corrected chi connectivity index (χ2v) is 5.24. The SMILES string of the molecule is BrCC(c1ccccc1)c1cccc(Br)c1. The molecule has 0 saturated heterocycles. The van der Waals surface area contributed by atoms with Crippen LogP contribution in [-0.2, 0) is 0 Å². The van der Waals surface area contributed by atoms with E-state index in [1.165, 1.54) is 11.1 Å². The van der Waals surface area contributed by atoms with E-state index < -0.39 is 0 Å². The molecule has 0 nitrogen and oxygen atoms in total. The third-order valence-electron chi connectivity index (χ3n) is 2.61. The minimum absolute atomic E-state index is 0.415. The van der Waals surface area contributed by atoms with Crippen LogP contribution in [0.1, 0.15) is 17.0 Å². The first-order valence-corrected chi connectivity index (χ1v) is 7.09. The van der Waals surface area contributed by atoms with Crippen LogP contribution >= 0.6 is 31.9 Å². The topological polar surface area (TPSA) is 0 Å². The summed E-state index contributed by atoms with van der Waals surface area (Å²) in [5.41, 5.74) is 2.68. The highest BCUT2D eigenvalue weighted by Crippen LogP contribution is 2.28. The molecule has 0 fully saturated rings. The van der Waals surface area contributed by atoms with Crippen molar-refractivity contribution in [2.24, 2.45) is 0 Å². The zero-order valence-corrected chi connectivity index (χ0v) is 11.9. The van der Waals surface area contributed by atoms with Crippen LogP contribution in [0.3, 0.4) is 0 Å². The van der Waals surface area contributed by atoms with Crippen molar-refractivity contribution in [1.82, 2.24) is 0 Å². The second-order valence-electron chi connectivity index (χ2n) is 3.67. The largest absolute Gasteiger partial charge is 0.0918 e. The lowest BCUT2D eigenvalue weighted by Gasteiger charge is -2.15. The molecule has 1 atom stereocenters. The van der Waals surface area contributed by atoms with E-state index in [1.54, 1.807) is 0 Å². The molecule has 0 spiro atoms. The Kier molecular flexibility index (Phi) is 4.19. The Bertz CT molecular complexity index is 451. The third kappa shape index (κ3) is 2.74. The number of hydrogen-bond acceptors (Lipinski definition) is 0. The summed E-state index contributed by atoms with van der Waals surface area (Å²) in [4.78, 5) is 0. The van der Waals surface area contributed by atoms with Crippen molar-refractivity contribution >= 4 is 31.9 Å². The first-order valence-electron chi connectivity index (χ1n) is 5.17. The summed E-state index contributed by atoms with van der Waals surface area (Å²) in [5, 5.41) is 0.938. The van der Waals surface area contributed by atoms with Crippen LogP contribution in [0.2, 0.25) is 0 Å². The Hall–Kier alpha value is -0.600. The van der Waals surface area contributed by atoms with Gasteiger partial charge in [0.2, 0.25) is 0 Å². The molecule has 0 bridgehead atoms. The molecule has 0 aromatic heterocycles. The fourth-order valence-corrected chi connectivity index (χ4v) is 2.94. The van der Waals surface area contributed by atoms with E-state index in [1.807, 2.05) is 0 Å². The van der Waals surface area contributed by atoms with Gasteiger partial charge in [-0.2, -0.15) is 0 Å². The van der Waals surface area contributed by atoms with Gasteiger partial charge < -0.3 is 0 Å². The van der Waals surface area contributed by atoms with E-state index in [0.29, 0.717) is 5.92 Å². The zero-order chi connectivity index (χ0) is 11.4. The van der Waals surface area contributed by atoms with Crippen molar-refractivity contribution in [3.05, 3.63) is 70.2 Å². The predicted molar refractivity (Wildman–Crippen MR) is 76.2 cm³/mol. The maximum atomic E-state index is 3.60. The quantitative estimate of drug-likeness (QED) is 0.692. The average Bonchev–Trinajstić information content (AvgIpc) is 2.31. The van der Waals surface area contributed by atoms with Gasteiger partial charge in [-0.1, -0.05) is 74.3 Å². The molecule has 2 aromatic carbocycles. The number of alkyl halides is 1. The Morgan fingerprint density at radius 1 is 0.875 bits per heavy atom. The van der Waals surface area contributed by atoms with Gasteiger partial charge in [0.05, 0.1) is 0 Å². The summed E-state index contributed by atoms with van der Waals surface area (Å²) < 4.78 is 1.13. The minimum atomic E-state index is 0.415. The van der Waals surface area contributed by atoms with Crippen molar-refractivity contribution in [3.8, 4) is 0 Å². The lowest BCUT2D eigenvalue weighted by molar-refractivity contribution is 0.943. The summed E-state index contributed by atoms with van der Waals surface area (Å²) in [6, 6.07) is 19.1. The van der Waals surface area contributed by atoms with Crippen LogP contribution in [0.5, 0.6) is 0 Å². The van der Waals surface area contributed by atoms with Crippen LogP contribution in [0.15, 0.2) is 59.1 Å². The molecule has 1 unspecified atom stereocenters. The van der Waals surface area contributed by atoms with E-state index in [-0.39, 0.29) is 0 Å². The van der Waals surface area contributed by atoms with E-state index in [4.69, 9.17) is 0 Å². The van der Waals surface area contributed by atoms with Gasteiger partial charge in [0.1, 0.15) is 0 Å². The number of halogens is 2. The molecule has 2 aromatic rings. The molecular weight excluding hydrogens is 328 g/mol. The summed E-state index contributed by atoms with van der Waals surface area (Å²) in [6.45, 7) is 0. The number of benzene rings is 2. The van der Waals surface area contributed by atoms with Gasteiger partial charge in [0.25, 0.3) is 0 Å². The smallest absolute Gasteiger partial charge is 0.0187 e. The number of hydrogen-bond donors (Lipinski definition) is 0. The molecule has 0 saturated carbocycles. The molecule has 0 heterocycles. The first kappa shape index (κ1) is 11.9. The van der Waals surface area contributed by atoms with E-state index in [9.17, 15) is 0 Å². The Balaban J connectivity index is 2.37. The molecule has 16 heavy (non-hydrogen) atoms. The van der Waals surface area contributed by atoms with Gasteiger partial charge in [0, 0.05) is 15.7 Å². The molecule has 2 heteroatoms. The fourth-order valence-electron chi connectivity index (χ4n) is 1.78. The fraction of sp³-hybridized carbons (Fsp3) is 0.143. The molecular formula is C14H12Br2. The van der Waals surface area contributed by atoms with Crippen molar-refractivity contribution in [2.45, 2.75) is 5.92 Å². The van der Waals surface area contributed by atoms with Crippen molar-refractivity contribution in [3.63, 3.8) is 0 Å². The standard InChI is InChI=1S/C14H12Br2/c15-10-14(11-5-2-1-3-6-11)12-7-4-8-13(16)9-12/h1-9,14H,10H2. The Labute approximate surface area is 113 Å². The van der Waals surface area contributed by atoms with E-state index in [0.717, 1.165) is 9.80 Å². The third-order valence-corrected chi connectivity index (χ3v) is 3.75. The van der Waals surface area contributed by atoms with Gasteiger partial charge in [0.15, 0.2) is 0 Å². The molecule has 0 radical (unpaired) electrons. The van der Waals surface area contributed by atoms with Gasteiger partial charge in [-0.3, -0.25) is 0 Å². The zero-order valence-electron chi connectivity index (χ0n) is 8.74. The van der Waals surface area contributed by atoms with Crippen LogP contribution in [0.4, 0.5) is 0 Å². The number of rotatable bonds is 3. The van der Waals surface area contributed by atoms with E-state index >= 15 is 0 Å². The normalized spacial score (nSPS) is 12.4. The molecule has 0 aliphatic carbocycles. The first-order chi connectivity index (χ1) is 7.81. The van der Waals surface area contributed by atoms with Gasteiger partial charge in [-0.05, 0) is 23.3 Å². The van der Waals surface area contributed by atoms with E-state index in [2.05, 4.69) is 86.5 Å². The summed E-state index contributed by atoms with van der Waals surface area (Å²) in [5.74, 6) is 0.415. The van der Waals surface area contributed by atoms with Gasteiger partial charge in [-0.25, -0.2) is 0 Å². The van der Waals surface area contributed by atoms with Crippen LogP contribution in [0, 0.1) is 0 Å². The highest BCUT2D eigenvalue weighted by atomic mass is 79.9. The van der Waals surface area contributed by atoms with Crippen molar-refractivity contribution < 1.29 is 0 Å². The molecule has 0 aliphatic rings. The second kappa shape index (κ2) is 5.65. The highest BCUT2D eigenvalue weighted by molar-refractivity contribution is 9.10. The van der Waals surface area contributed by atoms with Gasteiger partial charge >= 0.3 is 0 Å². The monoisotopic (exact) mass is 338 g/mol. The summed E-state index contributed by atoms with van der Waals surface area (Å²) >= 11 is 7.12. The van der Waals surface area contributed by atoms with Crippen LogP contribution in [-0.4, -0.2) is 5.33 Å². The van der Waals surface area contributed by atoms with Crippen LogP contribution in [0.25, 0.3) is 0 Å². The summed E-state index contributed by atoms with van der Waals surface area (Å²) in [7, 11) is 0. The predicted octanol–water partition coefficient (Wildman–Crippen LogP) is 4.98.